The lowest BCUT2D eigenvalue weighted by molar-refractivity contribution is 0.125. The summed E-state index contributed by atoms with van der Waals surface area (Å²) in [6.45, 7) is 2.48. The van der Waals surface area contributed by atoms with Crippen molar-refractivity contribution < 1.29 is 5.11 Å². The maximum atomic E-state index is 9.58. The van der Waals surface area contributed by atoms with Crippen LogP contribution in [0.1, 0.15) is 12.8 Å². The van der Waals surface area contributed by atoms with Crippen molar-refractivity contribution in [3.63, 3.8) is 0 Å². The average Bonchev–Trinajstić information content (AvgIpc) is 2.55. The molecule has 1 aliphatic carbocycles. The molecule has 1 N–H and O–H groups in total. The molecular formula is C9H14N2O. The van der Waals surface area contributed by atoms with Gasteiger partial charge in [-0.1, -0.05) is 0 Å². The quantitative estimate of drug-likeness (QED) is 0.566. The van der Waals surface area contributed by atoms with E-state index in [1.54, 1.807) is 0 Å². The van der Waals surface area contributed by atoms with Crippen molar-refractivity contribution >= 4 is 0 Å². The molecule has 0 bridgehead atoms. The lowest BCUT2D eigenvalue weighted by atomic mass is 10.00. The second kappa shape index (κ2) is 3.04. The Balaban J connectivity index is 1.95. The molecule has 3 nitrogen and oxygen atoms in total. The highest BCUT2D eigenvalue weighted by molar-refractivity contribution is 4.95. The summed E-state index contributed by atoms with van der Waals surface area (Å²) in [6.07, 6.45) is 2.02. The van der Waals surface area contributed by atoms with Gasteiger partial charge in [-0.05, 0) is 18.8 Å². The molecule has 1 saturated heterocycles. The van der Waals surface area contributed by atoms with Crippen molar-refractivity contribution in [3.05, 3.63) is 0 Å². The zero-order chi connectivity index (χ0) is 8.55. The van der Waals surface area contributed by atoms with Gasteiger partial charge in [0.05, 0.1) is 18.7 Å². The van der Waals surface area contributed by atoms with E-state index in [1.807, 2.05) is 0 Å². The molecule has 0 radical (unpaired) electrons. The molecule has 0 aromatic heterocycles. The van der Waals surface area contributed by atoms with Gasteiger partial charge >= 0.3 is 0 Å². The lowest BCUT2D eigenvalue weighted by Crippen LogP contribution is -2.24. The molecule has 2 aliphatic rings. The molecule has 66 valence electrons. The molecule has 0 aromatic carbocycles. The number of aliphatic hydroxyl groups is 1. The normalized spacial score (nSPS) is 41.2. The van der Waals surface area contributed by atoms with Gasteiger partial charge in [0, 0.05) is 19.0 Å². The molecule has 2 rings (SSSR count). The smallest absolute Gasteiger partial charge is 0.0866 e. The minimum absolute atomic E-state index is 0.0984. The summed E-state index contributed by atoms with van der Waals surface area (Å²) in [6, 6.07) is 2.16. The van der Waals surface area contributed by atoms with E-state index >= 15 is 0 Å². The third-order valence-corrected chi connectivity index (χ3v) is 3.19. The molecule has 3 atom stereocenters. The third kappa shape index (κ3) is 1.21. The van der Waals surface area contributed by atoms with E-state index in [0.717, 1.165) is 25.9 Å². The highest BCUT2D eigenvalue weighted by Gasteiger charge is 2.41. The van der Waals surface area contributed by atoms with Crippen molar-refractivity contribution in [2.45, 2.75) is 18.9 Å². The van der Waals surface area contributed by atoms with Crippen LogP contribution >= 0.6 is 0 Å². The minimum atomic E-state index is -0.0984. The van der Waals surface area contributed by atoms with E-state index in [4.69, 9.17) is 5.26 Å². The van der Waals surface area contributed by atoms with Crippen LogP contribution in [0.15, 0.2) is 0 Å². The van der Waals surface area contributed by atoms with Gasteiger partial charge in [0.25, 0.3) is 0 Å². The fourth-order valence-electron chi connectivity index (χ4n) is 2.56. The molecule has 3 heteroatoms. The molecule has 0 spiro atoms. The monoisotopic (exact) mass is 166 g/mol. The second-order valence-corrected chi connectivity index (χ2v) is 3.92. The van der Waals surface area contributed by atoms with Gasteiger partial charge in [-0.2, -0.15) is 5.26 Å². The van der Waals surface area contributed by atoms with Gasteiger partial charge in [-0.15, -0.1) is 0 Å². The van der Waals surface area contributed by atoms with Crippen LogP contribution in [-0.2, 0) is 0 Å². The fraction of sp³-hybridized carbons (Fsp3) is 0.889. The van der Waals surface area contributed by atoms with Gasteiger partial charge in [0.15, 0.2) is 0 Å². The van der Waals surface area contributed by atoms with Crippen LogP contribution in [0.2, 0.25) is 0 Å². The molecule has 3 unspecified atom stereocenters. The van der Waals surface area contributed by atoms with Gasteiger partial charge < -0.3 is 5.11 Å². The van der Waals surface area contributed by atoms with E-state index < -0.39 is 0 Å². The standard InChI is InChI=1S/C9H14N2O/c10-3-4-11-5-7-1-2-9(12)8(7)6-11/h7-9,12H,1-2,4-6H2. The van der Waals surface area contributed by atoms with Crippen molar-refractivity contribution in [2.75, 3.05) is 19.6 Å². The number of aliphatic hydroxyl groups excluding tert-OH is 1. The predicted molar refractivity (Wildman–Crippen MR) is 44.3 cm³/mol. The van der Waals surface area contributed by atoms with Gasteiger partial charge in [0.2, 0.25) is 0 Å². The van der Waals surface area contributed by atoms with E-state index in [2.05, 4.69) is 11.0 Å². The Morgan fingerprint density at radius 2 is 2.25 bits per heavy atom. The topological polar surface area (TPSA) is 47.3 Å². The van der Waals surface area contributed by atoms with Crippen LogP contribution in [0.25, 0.3) is 0 Å². The summed E-state index contributed by atoms with van der Waals surface area (Å²) in [7, 11) is 0. The van der Waals surface area contributed by atoms with Gasteiger partial charge in [-0.3, -0.25) is 4.90 Å². The molecular weight excluding hydrogens is 152 g/mol. The first-order valence-corrected chi connectivity index (χ1v) is 4.58. The van der Waals surface area contributed by atoms with Crippen LogP contribution in [-0.4, -0.2) is 35.7 Å². The van der Waals surface area contributed by atoms with E-state index in [0.29, 0.717) is 18.4 Å². The average molecular weight is 166 g/mol. The Labute approximate surface area is 72.6 Å². The summed E-state index contributed by atoms with van der Waals surface area (Å²) in [5, 5.41) is 18.1. The van der Waals surface area contributed by atoms with Crippen molar-refractivity contribution in [3.8, 4) is 6.07 Å². The number of hydrogen-bond donors (Lipinski definition) is 1. The largest absolute Gasteiger partial charge is 0.393 e. The first-order chi connectivity index (χ1) is 5.81. The SMILES string of the molecule is N#CCN1CC2CCC(O)C2C1. The highest BCUT2D eigenvalue weighted by atomic mass is 16.3. The van der Waals surface area contributed by atoms with Crippen LogP contribution in [0.4, 0.5) is 0 Å². The second-order valence-electron chi connectivity index (χ2n) is 3.92. The molecule has 1 heterocycles. The van der Waals surface area contributed by atoms with Gasteiger partial charge in [0.1, 0.15) is 0 Å². The first kappa shape index (κ1) is 8.03. The molecule has 0 amide bonds. The Morgan fingerprint density at radius 3 is 2.92 bits per heavy atom. The van der Waals surface area contributed by atoms with Crippen molar-refractivity contribution in [1.29, 1.82) is 5.26 Å². The van der Waals surface area contributed by atoms with Crippen molar-refractivity contribution in [2.24, 2.45) is 11.8 Å². The predicted octanol–water partition coefficient (Wildman–Crippen LogP) is 0.213. The molecule has 1 aliphatic heterocycles. The maximum Gasteiger partial charge on any atom is 0.0866 e. The molecule has 1 saturated carbocycles. The van der Waals surface area contributed by atoms with Crippen LogP contribution in [0.5, 0.6) is 0 Å². The Bertz CT molecular complexity index is 211. The number of hydrogen-bond acceptors (Lipinski definition) is 3. The first-order valence-electron chi connectivity index (χ1n) is 4.58. The van der Waals surface area contributed by atoms with E-state index in [1.165, 1.54) is 0 Å². The van der Waals surface area contributed by atoms with E-state index in [-0.39, 0.29) is 6.10 Å². The van der Waals surface area contributed by atoms with E-state index in [9.17, 15) is 5.11 Å². The Hall–Kier alpha value is -0.590. The Morgan fingerprint density at radius 1 is 1.42 bits per heavy atom. The summed E-state index contributed by atoms with van der Waals surface area (Å²) < 4.78 is 0. The third-order valence-electron chi connectivity index (χ3n) is 3.19. The zero-order valence-corrected chi connectivity index (χ0v) is 7.11. The summed E-state index contributed by atoms with van der Waals surface area (Å²) in [4.78, 5) is 2.15. The molecule has 12 heavy (non-hydrogen) atoms. The van der Waals surface area contributed by atoms with Crippen LogP contribution < -0.4 is 0 Å². The number of likely N-dealkylation sites (tertiary alicyclic amines) is 1. The van der Waals surface area contributed by atoms with Crippen LogP contribution in [0, 0.1) is 23.2 Å². The van der Waals surface area contributed by atoms with Crippen LogP contribution in [0.3, 0.4) is 0 Å². The lowest BCUT2D eigenvalue weighted by Gasteiger charge is -2.13. The molecule has 2 fully saturated rings. The number of fused-ring (bicyclic) bond motifs is 1. The Kier molecular flexibility index (Phi) is 2.03. The minimum Gasteiger partial charge on any atom is -0.393 e. The zero-order valence-electron chi connectivity index (χ0n) is 7.11. The molecule has 0 aromatic rings. The summed E-state index contributed by atoms with van der Waals surface area (Å²) >= 11 is 0. The van der Waals surface area contributed by atoms with Crippen molar-refractivity contribution in [1.82, 2.24) is 4.90 Å². The fourth-order valence-corrected chi connectivity index (χ4v) is 2.56. The van der Waals surface area contributed by atoms with Gasteiger partial charge in [-0.25, -0.2) is 0 Å². The number of nitriles is 1. The summed E-state index contributed by atoms with van der Waals surface area (Å²) in [5.74, 6) is 1.12. The summed E-state index contributed by atoms with van der Waals surface area (Å²) in [5.41, 5.74) is 0. The highest BCUT2D eigenvalue weighted by Crippen LogP contribution is 2.37. The number of rotatable bonds is 1. The maximum absolute atomic E-state index is 9.58. The number of nitrogens with zero attached hydrogens (tertiary/aromatic N) is 2.